The molecule has 3 aromatic rings. The number of hydrazone groups is 1. The fourth-order valence-corrected chi connectivity index (χ4v) is 3.19. The zero-order valence-electron chi connectivity index (χ0n) is 12.8. The molecule has 0 radical (unpaired) electrons. The number of nitrogens with one attached hydrogen (secondary N) is 1. The second-order valence-corrected chi connectivity index (χ2v) is 6.39. The van der Waals surface area contributed by atoms with Gasteiger partial charge in [0.1, 0.15) is 11.5 Å². The van der Waals surface area contributed by atoms with Crippen LogP contribution in [0.4, 0.5) is 5.69 Å². The van der Waals surface area contributed by atoms with Gasteiger partial charge in [-0.25, -0.2) is 4.99 Å². The first kappa shape index (κ1) is 14.0. The van der Waals surface area contributed by atoms with Crippen molar-refractivity contribution in [1.82, 2.24) is 5.43 Å². The quantitative estimate of drug-likeness (QED) is 0.761. The first-order valence-electron chi connectivity index (χ1n) is 7.35. The molecule has 0 unspecified atom stereocenters. The van der Waals surface area contributed by atoms with Crippen LogP contribution in [0, 0.1) is 13.8 Å². The van der Waals surface area contributed by atoms with Crippen LogP contribution in [0.3, 0.4) is 0 Å². The number of rotatable bonds is 2. The van der Waals surface area contributed by atoms with Gasteiger partial charge in [-0.3, -0.25) is 5.43 Å². The number of nitrogens with zero attached hydrogens (tertiary/aromatic N) is 2. The van der Waals surface area contributed by atoms with Crippen molar-refractivity contribution in [2.75, 3.05) is 0 Å². The highest BCUT2D eigenvalue weighted by atomic mass is 32.1. The van der Waals surface area contributed by atoms with Crippen LogP contribution in [0.25, 0.3) is 0 Å². The largest absolute Gasteiger partial charge is 0.460 e. The number of aryl methyl sites for hydroxylation is 2. The third-order valence-corrected chi connectivity index (χ3v) is 4.52. The summed E-state index contributed by atoms with van der Waals surface area (Å²) in [6.45, 7) is 3.99. The van der Waals surface area contributed by atoms with Gasteiger partial charge in [-0.05, 0) is 49.6 Å². The molecule has 5 heteroatoms. The summed E-state index contributed by atoms with van der Waals surface area (Å²) in [5.41, 5.74) is 6.89. The van der Waals surface area contributed by atoms with Crippen molar-refractivity contribution in [3.8, 4) is 0 Å². The van der Waals surface area contributed by atoms with Crippen LogP contribution in [0.15, 0.2) is 62.4 Å². The lowest BCUT2D eigenvalue weighted by molar-refractivity contribution is 0.525. The lowest BCUT2D eigenvalue weighted by atomic mass is 10.0. The maximum absolute atomic E-state index is 5.78. The average molecular weight is 321 g/mol. The molecule has 0 bridgehead atoms. The Morgan fingerprint density at radius 1 is 1.09 bits per heavy atom. The molecular formula is C18H15N3OS. The molecule has 114 valence electrons. The number of thiophene rings is 1. The summed E-state index contributed by atoms with van der Waals surface area (Å²) in [6, 6.07) is 14.1. The van der Waals surface area contributed by atoms with E-state index in [9.17, 15) is 0 Å². The van der Waals surface area contributed by atoms with Crippen molar-refractivity contribution in [3.63, 3.8) is 0 Å². The second-order valence-electron chi connectivity index (χ2n) is 5.44. The van der Waals surface area contributed by atoms with E-state index in [2.05, 4.69) is 29.6 Å². The Bertz CT molecular complexity index is 920. The molecule has 1 aliphatic heterocycles. The van der Waals surface area contributed by atoms with Gasteiger partial charge in [0.15, 0.2) is 11.6 Å². The summed E-state index contributed by atoms with van der Waals surface area (Å²) in [4.78, 5) is 5.82. The van der Waals surface area contributed by atoms with Crippen molar-refractivity contribution in [3.05, 3.63) is 75.4 Å². The Labute approximate surface area is 138 Å². The minimum Gasteiger partial charge on any atom is -0.460 e. The third-order valence-electron chi connectivity index (χ3n) is 3.64. The Kier molecular flexibility index (Phi) is 3.35. The average Bonchev–Trinajstić information content (AvgIpc) is 3.17. The van der Waals surface area contributed by atoms with Crippen LogP contribution in [-0.2, 0) is 0 Å². The second kappa shape index (κ2) is 5.52. The zero-order chi connectivity index (χ0) is 15.8. The summed E-state index contributed by atoms with van der Waals surface area (Å²) in [7, 11) is 0. The molecule has 1 N–H and O–H groups in total. The number of hydrogen-bond acceptors (Lipinski definition) is 5. The molecular weight excluding hydrogens is 306 g/mol. The van der Waals surface area contributed by atoms with Crippen LogP contribution in [-0.4, -0.2) is 11.5 Å². The van der Waals surface area contributed by atoms with Crippen molar-refractivity contribution >= 4 is 28.6 Å². The topological polar surface area (TPSA) is 49.9 Å². The lowest BCUT2D eigenvalue weighted by Crippen LogP contribution is -2.18. The number of amidine groups is 1. The van der Waals surface area contributed by atoms with E-state index < -0.39 is 0 Å². The maximum atomic E-state index is 5.78. The van der Waals surface area contributed by atoms with Gasteiger partial charge >= 0.3 is 0 Å². The monoisotopic (exact) mass is 321 g/mol. The molecule has 0 saturated heterocycles. The highest BCUT2D eigenvalue weighted by molar-refractivity contribution is 7.12. The summed E-state index contributed by atoms with van der Waals surface area (Å²) in [5, 5.41) is 6.60. The van der Waals surface area contributed by atoms with Crippen LogP contribution in [0.2, 0.25) is 0 Å². The minimum absolute atomic E-state index is 0.740. The smallest absolute Gasteiger partial charge is 0.164 e. The van der Waals surface area contributed by atoms with Gasteiger partial charge in [-0.2, -0.15) is 5.10 Å². The SMILES string of the molecule is Cc1ccc2c(c1)C(c1ccc(C)o1)=NNC(c1cccs1)=N2. The molecule has 23 heavy (non-hydrogen) atoms. The highest BCUT2D eigenvalue weighted by Gasteiger charge is 2.19. The first-order chi connectivity index (χ1) is 11.2. The Balaban J connectivity index is 1.89. The van der Waals surface area contributed by atoms with E-state index in [0.717, 1.165) is 44.8 Å². The molecule has 2 aromatic heterocycles. The van der Waals surface area contributed by atoms with E-state index >= 15 is 0 Å². The van der Waals surface area contributed by atoms with Gasteiger partial charge in [0.25, 0.3) is 0 Å². The van der Waals surface area contributed by atoms with E-state index in [1.165, 1.54) is 0 Å². The molecule has 0 amide bonds. The molecule has 0 fully saturated rings. The van der Waals surface area contributed by atoms with Crippen molar-refractivity contribution < 1.29 is 4.42 Å². The molecule has 0 saturated carbocycles. The Morgan fingerprint density at radius 2 is 2.00 bits per heavy atom. The predicted octanol–water partition coefficient (Wildman–Crippen LogP) is 4.39. The summed E-state index contributed by atoms with van der Waals surface area (Å²) in [5.74, 6) is 2.36. The molecule has 0 spiro atoms. The Morgan fingerprint density at radius 3 is 2.74 bits per heavy atom. The fourth-order valence-electron chi connectivity index (χ4n) is 2.52. The molecule has 4 nitrogen and oxygen atoms in total. The third kappa shape index (κ3) is 2.59. The van der Waals surface area contributed by atoms with E-state index in [0.29, 0.717) is 0 Å². The van der Waals surface area contributed by atoms with Crippen LogP contribution < -0.4 is 5.43 Å². The molecule has 1 aliphatic rings. The molecule has 4 rings (SSSR count). The normalized spacial score (nSPS) is 13.7. The maximum Gasteiger partial charge on any atom is 0.164 e. The summed E-state index contributed by atoms with van der Waals surface area (Å²) < 4.78 is 5.78. The van der Waals surface area contributed by atoms with Crippen LogP contribution in [0.5, 0.6) is 0 Å². The fraction of sp³-hybridized carbons (Fsp3) is 0.111. The van der Waals surface area contributed by atoms with Crippen molar-refractivity contribution in [2.24, 2.45) is 10.1 Å². The van der Waals surface area contributed by atoms with Gasteiger partial charge in [0.05, 0.1) is 10.6 Å². The van der Waals surface area contributed by atoms with E-state index in [4.69, 9.17) is 9.41 Å². The number of hydrogen-bond donors (Lipinski definition) is 1. The number of furan rings is 1. The van der Waals surface area contributed by atoms with E-state index in [1.807, 2.05) is 42.6 Å². The molecule has 0 aliphatic carbocycles. The predicted molar refractivity (Wildman–Crippen MR) is 93.9 cm³/mol. The molecule has 1 aromatic carbocycles. The first-order valence-corrected chi connectivity index (χ1v) is 8.23. The van der Waals surface area contributed by atoms with Crippen molar-refractivity contribution in [2.45, 2.75) is 13.8 Å². The van der Waals surface area contributed by atoms with Gasteiger partial charge < -0.3 is 4.42 Å². The number of fused-ring (bicyclic) bond motifs is 1. The van der Waals surface area contributed by atoms with Crippen molar-refractivity contribution in [1.29, 1.82) is 0 Å². The number of aliphatic imine (C=N–C) groups is 1. The number of benzene rings is 1. The van der Waals surface area contributed by atoms with Gasteiger partial charge in [0, 0.05) is 5.56 Å². The van der Waals surface area contributed by atoms with E-state index in [-0.39, 0.29) is 0 Å². The van der Waals surface area contributed by atoms with Gasteiger partial charge in [-0.15, -0.1) is 11.3 Å². The van der Waals surface area contributed by atoms with Gasteiger partial charge in [0.2, 0.25) is 0 Å². The Hall–Kier alpha value is -2.66. The summed E-state index contributed by atoms with van der Waals surface area (Å²) in [6.07, 6.45) is 0. The molecule has 3 heterocycles. The highest BCUT2D eigenvalue weighted by Crippen LogP contribution is 2.28. The van der Waals surface area contributed by atoms with Crippen LogP contribution in [0.1, 0.15) is 27.5 Å². The van der Waals surface area contributed by atoms with Crippen LogP contribution >= 0.6 is 11.3 Å². The van der Waals surface area contributed by atoms with Gasteiger partial charge in [-0.1, -0.05) is 17.7 Å². The standard InChI is InChI=1S/C18H15N3OS/c1-11-5-7-14-13(10-11)17(15-8-6-12(2)22-15)20-21-18(19-14)16-4-3-9-23-16/h3-10H,1-2H3,(H,19,21). The minimum atomic E-state index is 0.740. The lowest BCUT2D eigenvalue weighted by Gasteiger charge is -2.06. The summed E-state index contributed by atoms with van der Waals surface area (Å²) >= 11 is 1.63. The molecule has 0 atom stereocenters. The van der Waals surface area contributed by atoms with E-state index in [1.54, 1.807) is 11.3 Å². The zero-order valence-corrected chi connectivity index (χ0v) is 13.6.